The lowest BCUT2D eigenvalue weighted by molar-refractivity contribution is 0.0734. The monoisotopic (exact) mass is 608 g/mol. The zero-order valence-electron chi connectivity index (χ0n) is 25.0. The summed E-state index contributed by atoms with van der Waals surface area (Å²) < 4.78 is 43.0. The summed E-state index contributed by atoms with van der Waals surface area (Å²) in [5.74, 6) is 0.577. The number of hydrogen-bond acceptors (Lipinski definition) is 8. The molecule has 1 unspecified atom stereocenters. The summed E-state index contributed by atoms with van der Waals surface area (Å²) in [5.41, 5.74) is 8.55. The van der Waals surface area contributed by atoms with E-state index in [2.05, 4.69) is 13.0 Å². The zero-order valence-corrected chi connectivity index (χ0v) is 25.0. The first-order chi connectivity index (χ1) is 21.9. The van der Waals surface area contributed by atoms with Crippen molar-refractivity contribution in [3.8, 4) is 34.8 Å². The van der Waals surface area contributed by atoms with Crippen LogP contribution < -0.4 is 29.4 Å². The zero-order chi connectivity index (χ0) is 31.8. The number of carbonyl (C=O) groups is 1. The summed E-state index contributed by atoms with van der Waals surface area (Å²) in [7, 11) is 0. The van der Waals surface area contributed by atoms with E-state index in [1.165, 1.54) is 6.07 Å². The topological polar surface area (TPSA) is 113 Å². The number of nitrogens with zero attached hydrogens (tertiary/aromatic N) is 1. The van der Waals surface area contributed by atoms with Crippen LogP contribution in [0, 0.1) is 17.1 Å². The SMILES string of the molecule is CCCCOc1ccc(C(=O)Oc2ccc3c(c2)OC(N)=C(C#N)C3c2ccc(OCc3ccccc3F)c(OCC)c2)cc1. The molecule has 8 nitrogen and oxygen atoms in total. The van der Waals surface area contributed by atoms with E-state index in [1.54, 1.807) is 78.9 Å². The predicted octanol–water partition coefficient (Wildman–Crippen LogP) is 7.42. The van der Waals surface area contributed by atoms with Crippen molar-refractivity contribution >= 4 is 5.97 Å². The highest BCUT2D eigenvalue weighted by Crippen LogP contribution is 2.45. The molecule has 0 bridgehead atoms. The molecule has 1 aliphatic heterocycles. The van der Waals surface area contributed by atoms with Gasteiger partial charge >= 0.3 is 5.97 Å². The number of benzene rings is 4. The number of unbranched alkanes of at least 4 members (excludes halogenated alkanes) is 1. The number of halogens is 1. The van der Waals surface area contributed by atoms with Crippen molar-refractivity contribution < 1.29 is 32.9 Å². The van der Waals surface area contributed by atoms with Crippen molar-refractivity contribution in [1.82, 2.24) is 0 Å². The number of hydrogen-bond donors (Lipinski definition) is 1. The van der Waals surface area contributed by atoms with Crippen LogP contribution in [-0.4, -0.2) is 19.2 Å². The molecule has 0 amide bonds. The van der Waals surface area contributed by atoms with E-state index in [1.807, 2.05) is 6.92 Å². The van der Waals surface area contributed by atoms with Crippen LogP contribution in [0.5, 0.6) is 28.7 Å². The Labute approximate surface area is 261 Å². The third-order valence-electron chi connectivity index (χ3n) is 7.20. The molecule has 230 valence electrons. The van der Waals surface area contributed by atoms with Crippen LogP contribution in [-0.2, 0) is 6.61 Å². The van der Waals surface area contributed by atoms with Crippen molar-refractivity contribution in [1.29, 1.82) is 5.26 Å². The van der Waals surface area contributed by atoms with Gasteiger partial charge in [-0.05, 0) is 67.4 Å². The smallest absolute Gasteiger partial charge is 0.343 e. The van der Waals surface area contributed by atoms with E-state index in [9.17, 15) is 14.4 Å². The molecule has 2 N–H and O–H groups in total. The Balaban J connectivity index is 1.38. The summed E-state index contributed by atoms with van der Waals surface area (Å²) in [4.78, 5) is 12.9. The summed E-state index contributed by atoms with van der Waals surface area (Å²) >= 11 is 0. The van der Waals surface area contributed by atoms with Gasteiger partial charge in [0.05, 0.1) is 24.7 Å². The number of rotatable bonds is 12. The fourth-order valence-corrected chi connectivity index (χ4v) is 4.89. The van der Waals surface area contributed by atoms with Crippen molar-refractivity contribution in [2.45, 2.75) is 39.2 Å². The minimum atomic E-state index is -0.594. The van der Waals surface area contributed by atoms with Crippen LogP contribution in [0.3, 0.4) is 0 Å². The maximum absolute atomic E-state index is 14.2. The van der Waals surface area contributed by atoms with Gasteiger partial charge in [0, 0.05) is 17.2 Å². The van der Waals surface area contributed by atoms with Gasteiger partial charge in [0.25, 0.3) is 0 Å². The normalized spacial score (nSPS) is 13.7. The maximum Gasteiger partial charge on any atom is 0.343 e. The van der Waals surface area contributed by atoms with Crippen LogP contribution in [0.2, 0.25) is 0 Å². The molecule has 5 rings (SSSR count). The average molecular weight is 609 g/mol. The van der Waals surface area contributed by atoms with Gasteiger partial charge in [-0.2, -0.15) is 5.26 Å². The Morgan fingerprint density at radius 3 is 2.44 bits per heavy atom. The lowest BCUT2D eigenvalue weighted by Crippen LogP contribution is -2.21. The average Bonchev–Trinajstić information content (AvgIpc) is 3.04. The van der Waals surface area contributed by atoms with Gasteiger partial charge in [-0.25, -0.2) is 9.18 Å². The standard InChI is InChI=1S/C36H33FN2O6/c1-3-5-18-42-26-13-10-23(11-14-26)36(40)44-27-15-16-28-32(20-27)45-35(39)29(21-38)34(28)24-12-17-31(33(19-24)41-4-2)43-22-25-8-6-7-9-30(25)37/h6-17,19-20,34H,3-5,18,22,39H2,1-2H3. The molecule has 4 aromatic carbocycles. The number of fused-ring (bicyclic) bond motifs is 1. The molecule has 1 aliphatic rings. The third-order valence-corrected chi connectivity index (χ3v) is 7.20. The second-order valence-corrected chi connectivity index (χ2v) is 10.3. The van der Waals surface area contributed by atoms with E-state index in [4.69, 9.17) is 29.4 Å². The molecular weight excluding hydrogens is 575 g/mol. The van der Waals surface area contributed by atoms with E-state index < -0.39 is 11.9 Å². The summed E-state index contributed by atoms with van der Waals surface area (Å²) in [6.07, 6.45) is 1.98. The molecule has 0 aliphatic carbocycles. The molecule has 9 heteroatoms. The molecule has 0 saturated carbocycles. The van der Waals surface area contributed by atoms with Gasteiger partial charge in [-0.15, -0.1) is 0 Å². The molecule has 0 aromatic heterocycles. The van der Waals surface area contributed by atoms with E-state index >= 15 is 0 Å². The first-order valence-electron chi connectivity index (χ1n) is 14.7. The maximum atomic E-state index is 14.2. The first kappa shape index (κ1) is 31.0. The van der Waals surface area contributed by atoms with Gasteiger partial charge in [0.2, 0.25) is 5.88 Å². The predicted molar refractivity (Wildman–Crippen MR) is 166 cm³/mol. The summed E-state index contributed by atoms with van der Waals surface area (Å²) in [6, 6.07) is 25.6. The Kier molecular flexibility index (Phi) is 9.85. The van der Waals surface area contributed by atoms with E-state index in [-0.39, 0.29) is 29.6 Å². The molecule has 1 atom stereocenters. The largest absolute Gasteiger partial charge is 0.494 e. The van der Waals surface area contributed by atoms with Crippen LogP contribution in [0.25, 0.3) is 0 Å². The second kappa shape index (κ2) is 14.3. The van der Waals surface area contributed by atoms with Crippen molar-refractivity contribution in [3.05, 3.63) is 124 Å². The number of nitrogens with two attached hydrogens (primary N) is 1. The van der Waals surface area contributed by atoms with E-state index in [0.717, 1.165) is 12.8 Å². The summed E-state index contributed by atoms with van der Waals surface area (Å²) in [5, 5.41) is 10.0. The summed E-state index contributed by atoms with van der Waals surface area (Å²) in [6.45, 7) is 4.92. The molecule has 45 heavy (non-hydrogen) atoms. The lowest BCUT2D eigenvalue weighted by Gasteiger charge is -2.27. The molecule has 0 saturated heterocycles. The number of esters is 1. The molecular formula is C36H33FN2O6. The van der Waals surface area contributed by atoms with Crippen molar-refractivity contribution in [2.75, 3.05) is 13.2 Å². The van der Waals surface area contributed by atoms with Crippen LogP contribution in [0.4, 0.5) is 4.39 Å². The number of allylic oxidation sites excluding steroid dienone is 1. The van der Waals surface area contributed by atoms with Gasteiger partial charge in [0.15, 0.2) is 11.5 Å². The molecule has 1 heterocycles. The van der Waals surface area contributed by atoms with Crippen LogP contribution in [0.15, 0.2) is 96.4 Å². The third kappa shape index (κ3) is 7.19. The molecule has 4 aromatic rings. The highest BCUT2D eigenvalue weighted by Gasteiger charge is 2.32. The lowest BCUT2D eigenvalue weighted by atomic mass is 9.83. The number of nitriles is 1. The number of ether oxygens (including phenoxy) is 5. The van der Waals surface area contributed by atoms with Gasteiger partial charge in [-0.1, -0.05) is 43.7 Å². The molecule has 0 spiro atoms. The highest BCUT2D eigenvalue weighted by atomic mass is 19.1. The Hall–Kier alpha value is -5.49. The van der Waals surface area contributed by atoms with Crippen LogP contribution in [0.1, 0.15) is 59.7 Å². The van der Waals surface area contributed by atoms with Crippen molar-refractivity contribution in [2.24, 2.45) is 5.73 Å². The van der Waals surface area contributed by atoms with Gasteiger partial charge in [-0.3, -0.25) is 0 Å². The highest BCUT2D eigenvalue weighted by molar-refractivity contribution is 5.91. The van der Waals surface area contributed by atoms with Gasteiger partial charge in [0.1, 0.15) is 41.3 Å². The van der Waals surface area contributed by atoms with E-state index in [0.29, 0.717) is 58.5 Å². The minimum absolute atomic E-state index is 0.0148. The van der Waals surface area contributed by atoms with Gasteiger partial charge < -0.3 is 29.4 Å². The Morgan fingerprint density at radius 2 is 1.71 bits per heavy atom. The fourth-order valence-electron chi connectivity index (χ4n) is 4.89. The molecule has 0 fully saturated rings. The quantitative estimate of drug-likeness (QED) is 0.100. The second-order valence-electron chi connectivity index (χ2n) is 10.3. The van der Waals surface area contributed by atoms with Crippen molar-refractivity contribution in [3.63, 3.8) is 0 Å². The Morgan fingerprint density at radius 1 is 0.933 bits per heavy atom. The molecule has 0 radical (unpaired) electrons. The number of carbonyl (C=O) groups excluding carboxylic acids is 1. The Bertz CT molecular complexity index is 1750. The fraction of sp³-hybridized carbons (Fsp3) is 0.222. The van der Waals surface area contributed by atoms with Crippen LogP contribution >= 0.6 is 0 Å². The first-order valence-corrected chi connectivity index (χ1v) is 14.7. The minimum Gasteiger partial charge on any atom is -0.494 e.